The number of carbonyl (C=O) groups excluding carboxylic acids is 2. The molecule has 0 bridgehead atoms. The third-order valence-corrected chi connectivity index (χ3v) is 5.15. The molecule has 0 saturated carbocycles. The molecular formula is C18H23FN4O4S. The Bertz CT molecular complexity index is 770. The number of nitrogens with one attached hydrogen (secondary N) is 1. The molecule has 0 aliphatic carbocycles. The standard InChI is InChI=1S/C18H23FN4O4S/c1-12(24)21-5-7-22(8-6-21)16-4-3-13(9-15(16)19)23-11-14(27-18(23)25)10-20-17(28)26-2/h3-4,9,14H,5-8,10-11H2,1-2H3,(H,20,28)/t14-/m0/s1. The lowest BCUT2D eigenvalue weighted by Gasteiger charge is -2.35. The monoisotopic (exact) mass is 410 g/mol. The van der Waals surface area contributed by atoms with Gasteiger partial charge in [-0.2, -0.15) is 0 Å². The van der Waals surface area contributed by atoms with Gasteiger partial charge in [0.1, 0.15) is 11.9 Å². The zero-order chi connectivity index (χ0) is 20.3. The lowest BCUT2D eigenvalue weighted by molar-refractivity contribution is -0.129. The molecular weight excluding hydrogens is 387 g/mol. The van der Waals surface area contributed by atoms with Gasteiger partial charge in [-0.05, 0) is 30.4 Å². The highest BCUT2D eigenvalue weighted by atomic mass is 32.1. The third kappa shape index (κ3) is 4.44. The molecule has 8 nitrogen and oxygen atoms in total. The Morgan fingerprint density at radius 3 is 2.68 bits per heavy atom. The molecule has 1 atom stereocenters. The number of anilines is 2. The van der Waals surface area contributed by atoms with Gasteiger partial charge in [0.15, 0.2) is 0 Å². The number of hydrogen-bond acceptors (Lipinski definition) is 6. The molecule has 1 aromatic carbocycles. The summed E-state index contributed by atoms with van der Waals surface area (Å²) in [5, 5.41) is 3.06. The SMILES string of the molecule is COC(=S)NC[C@H]1CN(c2ccc(N3CCN(C(C)=O)CC3)c(F)c2)C(=O)O1. The molecule has 3 rings (SSSR count). The van der Waals surface area contributed by atoms with Crippen LogP contribution in [0.15, 0.2) is 18.2 Å². The molecule has 2 amide bonds. The van der Waals surface area contributed by atoms with Crippen molar-refractivity contribution in [2.75, 3.05) is 56.2 Å². The molecule has 0 unspecified atom stereocenters. The number of piperazine rings is 1. The van der Waals surface area contributed by atoms with E-state index in [1.54, 1.807) is 17.0 Å². The van der Waals surface area contributed by atoms with Crippen LogP contribution in [0.4, 0.5) is 20.6 Å². The van der Waals surface area contributed by atoms with Gasteiger partial charge in [0.05, 0.1) is 31.6 Å². The number of nitrogens with zero attached hydrogens (tertiary/aromatic N) is 3. The molecule has 28 heavy (non-hydrogen) atoms. The third-order valence-electron chi connectivity index (χ3n) is 4.84. The summed E-state index contributed by atoms with van der Waals surface area (Å²) in [5.74, 6) is -0.387. The number of benzene rings is 1. The molecule has 0 aromatic heterocycles. The smallest absolute Gasteiger partial charge is 0.414 e. The summed E-state index contributed by atoms with van der Waals surface area (Å²) < 4.78 is 24.8. The molecule has 0 radical (unpaired) electrons. The molecule has 2 aliphatic heterocycles. The van der Waals surface area contributed by atoms with Crippen molar-refractivity contribution in [3.8, 4) is 0 Å². The van der Waals surface area contributed by atoms with E-state index >= 15 is 0 Å². The molecule has 2 fully saturated rings. The Morgan fingerprint density at radius 1 is 1.36 bits per heavy atom. The summed E-state index contributed by atoms with van der Waals surface area (Å²) in [7, 11) is 1.45. The van der Waals surface area contributed by atoms with Crippen LogP contribution < -0.4 is 15.1 Å². The van der Waals surface area contributed by atoms with Crippen LogP contribution in [0.25, 0.3) is 0 Å². The molecule has 2 saturated heterocycles. The lowest BCUT2D eigenvalue weighted by atomic mass is 10.2. The maximum absolute atomic E-state index is 14.7. The minimum absolute atomic E-state index is 0.0262. The van der Waals surface area contributed by atoms with Crippen LogP contribution in [0.1, 0.15) is 6.92 Å². The highest BCUT2D eigenvalue weighted by Gasteiger charge is 2.33. The van der Waals surface area contributed by atoms with Crippen LogP contribution >= 0.6 is 12.2 Å². The summed E-state index contributed by atoms with van der Waals surface area (Å²) in [5.41, 5.74) is 0.897. The van der Waals surface area contributed by atoms with Crippen molar-refractivity contribution in [2.24, 2.45) is 0 Å². The number of carbonyl (C=O) groups is 2. The van der Waals surface area contributed by atoms with Crippen LogP contribution in [0.5, 0.6) is 0 Å². The van der Waals surface area contributed by atoms with Crippen LogP contribution in [0.2, 0.25) is 0 Å². The van der Waals surface area contributed by atoms with Gasteiger partial charge >= 0.3 is 6.09 Å². The Hall–Kier alpha value is -2.62. The topological polar surface area (TPSA) is 74.4 Å². The van der Waals surface area contributed by atoms with Gasteiger partial charge in [-0.25, -0.2) is 9.18 Å². The summed E-state index contributed by atoms with van der Waals surface area (Å²) in [4.78, 5) is 28.6. The Labute approximate surface area is 168 Å². The van der Waals surface area contributed by atoms with Gasteiger partial charge in [0.25, 0.3) is 5.17 Å². The Morgan fingerprint density at radius 2 is 2.07 bits per heavy atom. The summed E-state index contributed by atoms with van der Waals surface area (Å²) in [6, 6.07) is 4.70. The van der Waals surface area contributed by atoms with Crippen LogP contribution in [0, 0.1) is 5.82 Å². The van der Waals surface area contributed by atoms with Gasteiger partial charge in [0.2, 0.25) is 5.91 Å². The van der Waals surface area contributed by atoms with Crippen molar-refractivity contribution in [3.63, 3.8) is 0 Å². The van der Waals surface area contributed by atoms with Crippen molar-refractivity contribution < 1.29 is 23.5 Å². The van der Waals surface area contributed by atoms with Crippen molar-refractivity contribution in [2.45, 2.75) is 13.0 Å². The van der Waals surface area contributed by atoms with Crippen LogP contribution in [-0.4, -0.2) is 74.6 Å². The maximum atomic E-state index is 14.7. The number of rotatable bonds is 4. The van der Waals surface area contributed by atoms with E-state index in [4.69, 9.17) is 21.7 Å². The number of halogens is 1. The molecule has 152 valence electrons. The molecule has 0 spiro atoms. The van der Waals surface area contributed by atoms with Crippen LogP contribution in [0.3, 0.4) is 0 Å². The minimum Gasteiger partial charge on any atom is -0.474 e. The fourth-order valence-corrected chi connectivity index (χ4v) is 3.37. The molecule has 2 aliphatic rings. The van der Waals surface area contributed by atoms with Gasteiger partial charge in [0, 0.05) is 33.1 Å². The number of amides is 2. The van der Waals surface area contributed by atoms with Gasteiger partial charge in [-0.1, -0.05) is 0 Å². The van der Waals surface area contributed by atoms with Crippen LogP contribution in [-0.2, 0) is 14.3 Å². The van der Waals surface area contributed by atoms with Crippen molar-refractivity contribution >= 4 is 40.8 Å². The largest absolute Gasteiger partial charge is 0.474 e. The zero-order valence-corrected chi connectivity index (χ0v) is 16.6. The quantitative estimate of drug-likeness (QED) is 0.751. The zero-order valence-electron chi connectivity index (χ0n) is 15.8. The first-order valence-corrected chi connectivity index (χ1v) is 9.40. The number of cyclic esters (lactones) is 1. The Balaban J connectivity index is 1.63. The van der Waals surface area contributed by atoms with Gasteiger partial charge < -0.3 is 24.6 Å². The number of methoxy groups -OCH3 is 1. The number of hydrogen-bond donors (Lipinski definition) is 1. The first kappa shape index (κ1) is 20.1. The fourth-order valence-electron chi connectivity index (χ4n) is 3.29. The second-order valence-corrected chi connectivity index (χ2v) is 6.99. The first-order valence-electron chi connectivity index (χ1n) is 8.99. The lowest BCUT2D eigenvalue weighted by Crippen LogP contribution is -2.48. The predicted octanol–water partition coefficient (Wildman–Crippen LogP) is 1.34. The summed E-state index contributed by atoms with van der Waals surface area (Å²) in [6.45, 7) is 4.39. The predicted molar refractivity (Wildman–Crippen MR) is 106 cm³/mol. The summed E-state index contributed by atoms with van der Waals surface area (Å²) >= 11 is 4.89. The Kier molecular flexibility index (Phi) is 6.18. The summed E-state index contributed by atoms with van der Waals surface area (Å²) in [6.07, 6.45) is -0.944. The van der Waals surface area contributed by atoms with Gasteiger partial charge in [-0.3, -0.25) is 9.69 Å². The average molecular weight is 410 g/mol. The van der Waals surface area contributed by atoms with E-state index in [0.717, 1.165) is 0 Å². The number of ether oxygens (including phenoxy) is 2. The van der Waals surface area contributed by atoms with E-state index in [9.17, 15) is 14.0 Å². The minimum atomic E-state index is -0.530. The molecule has 1 aromatic rings. The van der Waals surface area contributed by atoms with Gasteiger partial charge in [-0.15, -0.1) is 0 Å². The van der Waals surface area contributed by atoms with E-state index in [-0.39, 0.29) is 17.6 Å². The fraction of sp³-hybridized carbons (Fsp3) is 0.500. The van der Waals surface area contributed by atoms with E-state index < -0.39 is 18.0 Å². The number of thiocarbonyl (C=S) groups is 1. The van der Waals surface area contributed by atoms with E-state index in [0.29, 0.717) is 44.1 Å². The van der Waals surface area contributed by atoms with E-state index in [1.807, 2.05) is 4.90 Å². The molecule has 1 N–H and O–H groups in total. The highest BCUT2D eigenvalue weighted by molar-refractivity contribution is 7.80. The average Bonchev–Trinajstić information content (AvgIpc) is 3.06. The highest BCUT2D eigenvalue weighted by Crippen LogP contribution is 2.28. The first-order chi connectivity index (χ1) is 13.4. The normalized spacial score (nSPS) is 19.5. The van der Waals surface area contributed by atoms with Crippen molar-refractivity contribution in [3.05, 3.63) is 24.0 Å². The van der Waals surface area contributed by atoms with Crippen molar-refractivity contribution in [1.82, 2.24) is 10.2 Å². The maximum Gasteiger partial charge on any atom is 0.414 e. The molecule has 10 heteroatoms. The van der Waals surface area contributed by atoms with E-state index in [2.05, 4.69) is 5.32 Å². The van der Waals surface area contributed by atoms with E-state index in [1.165, 1.54) is 25.0 Å². The molecule has 2 heterocycles. The second kappa shape index (κ2) is 8.59. The second-order valence-electron chi connectivity index (χ2n) is 6.62. The van der Waals surface area contributed by atoms with Crippen molar-refractivity contribution in [1.29, 1.82) is 0 Å².